The van der Waals surface area contributed by atoms with Gasteiger partial charge in [0.1, 0.15) is 34.4 Å². The van der Waals surface area contributed by atoms with Gasteiger partial charge in [0.2, 0.25) is 5.92 Å². The van der Waals surface area contributed by atoms with Crippen LogP contribution in [0.5, 0.6) is 6.01 Å². The molecule has 1 saturated carbocycles. The monoisotopic (exact) mass is 703 g/mol. The summed E-state index contributed by atoms with van der Waals surface area (Å²) in [6.07, 6.45) is 0.473. The Morgan fingerprint density at radius 1 is 1.12 bits per heavy atom. The van der Waals surface area contributed by atoms with E-state index in [1.807, 2.05) is 15.9 Å². The van der Waals surface area contributed by atoms with Crippen LogP contribution in [0.15, 0.2) is 18.2 Å². The SMILES string of the molecule is N#Cc1c(N)sc2c(F)ccc(-c3c(Cl)cc4c(N5CC6CCC(C5)N6)nc(OCC5(CN6CC[C@@H](F)C6)CC(F)(F)C5)nc4c3F)c12. The number of hydrogen-bond acceptors (Lipinski definition) is 9. The minimum atomic E-state index is -2.86. The third-order valence-corrected chi connectivity index (χ3v) is 11.4. The van der Waals surface area contributed by atoms with Crippen LogP contribution in [0.25, 0.3) is 32.1 Å². The lowest BCUT2D eigenvalue weighted by Gasteiger charge is -2.48. The van der Waals surface area contributed by atoms with Crippen molar-refractivity contribution in [1.82, 2.24) is 20.2 Å². The molecule has 3 atom stereocenters. The van der Waals surface area contributed by atoms with Crippen molar-refractivity contribution in [2.75, 3.05) is 50.0 Å². The molecule has 0 amide bonds. The standard InChI is InChI=1S/C33H31ClF5N7OS/c34-22-7-20-27(26(37)25(22)19-3-4-23(36)28-24(19)21(8-40)29(41)48-28)43-31(44-30(20)46-10-17-1-2-18(11-46)42-17)47-15-32(12-33(38,39)13-32)14-45-6-5-16(35)9-45/h3-4,7,16-18,42H,1-2,5-6,9-15,41H2/t16-,17?,18?/m1/s1. The summed E-state index contributed by atoms with van der Waals surface area (Å²) in [5.74, 6) is -3.90. The minimum absolute atomic E-state index is 0.00521. The van der Waals surface area contributed by atoms with Gasteiger partial charge in [0.05, 0.1) is 21.9 Å². The second-order valence-electron chi connectivity index (χ2n) is 13.7. The lowest BCUT2D eigenvalue weighted by molar-refractivity contribution is -0.179. The highest BCUT2D eigenvalue weighted by Gasteiger charge is 2.58. The highest BCUT2D eigenvalue weighted by Crippen LogP contribution is 2.53. The van der Waals surface area contributed by atoms with Gasteiger partial charge in [-0.2, -0.15) is 15.2 Å². The Kier molecular flexibility index (Phi) is 7.63. The number of nitrogens with two attached hydrogens (primary N) is 1. The number of nitriles is 1. The van der Waals surface area contributed by atoms with Gasteiger partial charge in [-0.3, -0.25) is 4.90 Å². The summed E-state index contributed by atoms with van der Waals surface area (Å²) < 4.78 is 80.5. The predicted octanol–water partition coefficient (Wildman–Crippen LogP) is 6.68. The Balaban J connectivity index is 1.24. The van der Waals surface area contributed by atoms with Crippen molar-refractivity contribution in [1.29, 1.82) is 5.26 Å². The van der Waals surface area contributed by atoms with Gasteiger partial charge in [0.25, 0.3) is 0 Å². The zero-order valence-corrected chi connectivity index (χ0v) is 27.2. The Hall–Kier alpha value is -3.51. The zero-order chi connectivity index (χ0) is 33.5. The van der Waals surface area contributed by atoms with Gasteiger partial charge in [-0.1, -0.05) is 17.7 Å². The van der Waals surface area contributed by atoms with Crippen molar-refractivity contribution in [3.8, 4) is 23.2 Å². The van der Waals surface area contributed by atoms with Crippen molar-refractivity contribution in [3.05, 3.63) is 40.4 Å². The summed E-state index contributed by atoms with van der Waals surface area (Å²) >= 11 is 7.70. The van der Waals surface area contributed by atoms with Crippen LogP contribution in [-0.2, 0) is 0 Å². The van der Waals surface area contributed by atoms with Gasteiger partial charge in [0, 0.05) is 79.4 Å². The molecule has 2 bridgehead atoms. The number of hydrogen-bond donors (Lipinski definition) is 2. The van der Waals surface area contributed by atoms with Gasteiger partial charge >= 0.3 is 6.01 Å². The third-order valence-electron chi connectivity index (χ3n) is 10.1. The van der Waals surface area contributed by atoms with Gasteiger partial charge < -0.3 is 20.7 Å². The number of nitrogens with zero attached hydrogens (tertiary/aromatic N) is 5. The molecule has 0 spiro atoms. The van der Waals surface area contributed by atoms with E-state index >= 15 is 4.39 Å². The maximum atomic E-state index is 16.9. The van der Waals surface area contributed by atoms with Crippen molar-refractivity contribution in [2.24, 2.45) is 5.41 Å². The molecule has 252 valence electrons. The van der Waals surface area contributed by atoms with E-state index in [0.717, 1.165) is 24.2 Å². The van der Waals surface area contributed by atoms with E-state index in [1.54, 1.807) is 6.07 Å². The summed E-state index contributed by atoms with van der Waals surface area (Å²) in [6, 6.07) is 6.32. The number of nitrogen functional groups attached to an aromatic ring is 1. The van der Waals surface area contributed by atoms with Crippen LogP contribution in [0, 0.1) is 28.4 Å². The van der Waals surface area contributed by atoms with E-state index in [4.69, 9.17) is 27.1 Å². The van der Waals surface area contributed by atoms with Crippen LogP contribution >= 0.6 is 22.9 Å². The summed E-state index contributed by atoms with van der Waals surface area (Å²) in [6.45, 7) is 1.93. The molecule has 3 saturated heterocycles. The molecule has 15 heteroatoms. The number of likely N-dealkylation sites (tertiary alicyclic amines) is 1. The fourth-order valence-electron chi connectivity index (χ4n) is 8.12. The fraction of sp³-hybridized carbons (Fsp3) is 0.485. The maximum absolute atomic E-state index is 16.9. The molecule has 3 N–H and O–H groups in total. The second-order valence-corrected chi connectivity index (χ2v) is 15.1. The van der Waals surface area contributed by atoms with E-state index < -0.39 is 42.0 Å². The third kappa shape index (κ3) is 5.39. The van der Waals surface area contributed by atoms with Gasteiger partial charge in [-0.05, 0) is 37.0 Å². The van der Waals surface area contributed by atoms with Crippen LogP contribution in [0.1, 0.15) is 37.7 Å². The first-order valence-electron chi connectivity index (χ1n) is 15.9. The van der Waals surface area contributed by atoms with Crippen molar-refractivity contribution in [2.45, 2.75) is 56.3 Å². The second kappa shape index (κ2) is 11.5. The molecule has 4 aromatic rings. The Labute approximate surface area is 281 Å². The molecule has 5 heterocycles. The smallest absolute Gasteiger partial charge is 0.319 e. The molecule has 2 aromatic heterocycles. The normalized spacial score (nSPS) is 24.7. The van der Waals surface area contributed by atoms with Gasteiger partial charge in [-0.15, -0.1) is 11.3 Å². The minimum Gasteiger partial charge on any atom is -0.463 e. The maximum Gasteiger partial charge on any atom is 0.319 e. The number of aromatic nitrogens is 2. The first-order valence-corrected chi connectivity index (χ1v) is 17.1. The molecule has 4 aliphatic rings. The number of halogens is 6. The van der Waals surface area contributed by atoms with Crippen molar-refractivity contribution in [3.63, 3.8) is 0 Å². The van der Waals surface area contributed by atoms with E-state index in [0.29, 0.717) is 37.3 Å². The topological polar surface area (TPSA) is 103 Å². The quantitative estimate of drug-likeness (QED) is 0.206. The first-order chi connectivity index (χ1) is 22.9. The van der Waals surface area contributed by atoms with Crippen LogP contribution in [-0.4, -0.2) is 78.4 Å². The number of rotatable bonds is 7. The number of alkyl halides is 3. The molecule has 2 aromatic carbocycles. The molecule has 2 unspecified atom stereocenters. The van der Waals surface area contributed by atoms with Crippen LogP contribution in [0.4, 0.5) is 32.8 Å². The van der Waals surface area contributed by atoms with Gasteiger partial charge in [-0.25, -0.2) is 22.0 Å². The molecule has 8 rings (SSSR count). The largest absolute Gasteiger partial charge is 0.463 e. The number of anilines is 2. The lowest BCUT2D eigenvalue weighted by atomic mass is 9.66. The molecule has 4 fully saturated rings. The molecule has 3 aliphatic heterocycles. The Bertz CT molecular complexity index is 1980. The number of piperazine rings is 1. The number of thiophene rings is 1. The summed E-state index contributed by atoms with van der Waals surface area (Å²) in [5.41, 5.74) is 5.08. The highest BCUT2D eigenvalue weighted by atomic mass is 35.5. The lowest BCUT2D eigenvalue weighted by Crippen LogP contribution is -2.55. The molecular weight excluding hydrogens is 673 g/mol. The molecular formula is C33H31ClF5N7OS. The average Bonchev–Trinajstić information content (AvgIpc) is 3.70. The first kappa shape index (κ1) is 31.7. The number of fused-ring (bicyclic) bond motifs is 4. The summed E-state index contributed by atoms with van der Waals surface area (Å²) in [4.78, 5) is 13.1. The fourth-order valence-corrected chi connectivity index (χ4v) is 9.36. The Morgan fingerprint density at radius 2 is 1.88 bits per heavy atom. The average molecular weight is 704 g/mol. The number of benzene rings is 2. The van der Waals surface area contributed by atoms with E-state index in [2.05, 4.69) is 10.3 Å². The van der Waals surface area contributed by atoms with Crippen molar-refractivity contribution >= 4 is 54.7 Å². The van der Waals surface area contributed by atoms with E-state index in [-0.39, 0.29) is 80.1 Å². The van der Waals surface area contributed by atoms with Crippen LogP contribution in [0.2, 0.25) is 5.02 Å². The van der Waals surface area contributed by atoms with Gasteiger partial charge in [0.15, 0.2) is 5.82 Å². The molecule has 0 radical (unpaired) electrons. The Morgan fingerprint density at radius 3 is 2.54 bits per heavy atom. The van der Waals surface area contributed by atoms with Crippen LogP contribution < -0.4 is 20.7 Å². The summed E-state index contributed by atoms with van der Waals surface area (Å²) in [7, 11) is 0. The summed E-state index contributed by atoms with van der Waals surface area (Å²) in [5, 5.41) is 14.0. The van der Waals surface area contributed by atoms with E-state index in [9.17, 15) is 22.8 Å². The number of ether oxygens (including phenoxy) is 1. The van der Waals surface area contributed by atoms with Crippen molar-refractivity contribution < 1.29 is 26.7 Å². The molecule has 48 heavy (non-hydrogen) atoms. The highest BCUT2D eigenvalue weighted by molar-refractivity contribution is 7.23. The molecule has 1 aliphatic carbocycles. The zero-order valence-electron chi connectivity index (χ0n) is 25.6. The molecule has 8 nitrogen and oxygen atoms in total. The number of nitrogens with one attached hydrogen (secondary N) is 1. The van der Waals surface area contributed by atoms with Crippen LogP contribution in [0.3, 0.4) is 0 Å². The predicted molar refractivity (Wildman–Crippen MR) is 175 cm³/mol. The van der Waals surface area contributed by atoms with E-state index in [1.165, 1.54) is 12.1 Å².